The van der Waals surface area contributed by atoms with Gasteiger partial charge in [0.25, 0.3) is 5.91 Å². The zero-order chi connectivity index (χ0) is 16.7. The van der Waals surface area contributed by atoms with Gasteiger partial charge in [0.15, 0.2) is 6.61 Å². The number of nitrogens with one attached hydrogen (secondary N) is 1. The lowest BCUT2D eigenvalue weighted by atomic mass is 10.1. The smallest absolute Gasteiger partial charge is 0.330 e. The van der Waals surface area contributed by atoms with Gasteiger partial charge in [-0.2, -0.15) is 0 Å². The molecule has 0 radical (unpaired) electrons. The van der Waals surface area contributed by atoms with Crippen molar-refractivity contribution in [3.8, 4) is 0 Å². The number of allylic oxidation sites excluding steroid dienone is 1. The highest BCUT2D eigenvalue weighted by molar-refractivity contribution is 7.10. The summed E-state index contributed by atoms with van der Waals surface area (Å²) in [6.07, 6.45) is 2.78. The molecule has 1 aromatic carbocycles. The van der Waals surface area contributed by atoms with Crippen LogP contribution in [0.3, 0.4) is 0 Å². The van der Waals surface area contributed by atoms with Gasteiger partial charge in [0.05, 0.1) is 6.04 Å². The average Bonchev–Trinajstić information content (AvgIpc) is 3.06. The first-order valence-corrected chi connectivity index (χ1v) is 7.86. The second-order valence-electron chi connectivity index (χ2n) is 4.68. The molecule has 0 aliphatic heterocycles. The van der Waals surface area contributed by atoms with Crippen LogP contribution in [0, 0.1) is 5.82 Å². The van der Waals surface area contributed by atoms with E-state index in [1.807, 2.05) is 17.5 Å². The fourth-order valence-corrected chi connectivity index (χ4v) is 2.76. The molecule has 1 amide bonds. The zero-order valence-corrected chi connectivity index (χ0v) is 13.3. The summed E-state index contributed by atoms with van der Waals surface area (Å²) in [5.41, 5.74) is 0.752. The molecule has 0 unspecified atom stereocenters. The Bertz CT molecular complexity index is 680. The SMILES string of the molecule is C/C=C/C(=O)OCC(=O)N[C@H](c1ccc(F)cc1)c1cccs1. The van der Waals surface area contributed by atoms with Gasteiger partial charge in [-0.15, -0.1) is 11.3 Å². The van der Waals surface area contributed by atoms with Crippen molar-refractivity contribution >= 4 is 23.2 Å². The van der Waals surface area contributed by atoms with Crippen LogP contribution in [0.1, 0.15) is 23.4 Å². The Kier molecular flexibility index (Phi) is 6.05. The van der Waals surface area contributed by atoms with Gasteiger partial charge in [-0.05, 0) is 36.1 Å². The van der Waals surface area contributed by atoms with Crippen molar-refractivity contribution in [3.63, 3.8) is 0 Å². The number of hydrogen-bond acceptors (Lipinski definition) is 4. The number of hydrogen-bond donors (Lipinski definition) is 1. The number of carbonyl (C=O) groups is 2. The Morgan fingerprint density at radius 1 is 1.30 bits per heavy atom. The van der Waals surface area contributed by atoms with Crippen molar-refractivity contribution in [2.45, 2.75) is 13.0 Å². The van der Waals surface area contributed by atoms with Crippen LogP contribution in [0.25, 0.3) is 0 Å². The Morgan fingerprint density at radius 2 is 2.04 bits per heavy atom. The first-order chi connectivity index (χ1) is 11.1. The topological polar surface area (TPSA) is 55.4 Å². The van der Waals surface area contributed by atoms with Crippen LogP contribution in [-0.4, -0.2) is 18.5 Å². The molecule has 0 aliphatic carbocycles. The van der Waals surface area contributed by atoms with E-state index in [4.69, 9.17) is 4.74 Å². The lowest BCUT2D eigenvalue weighted by molar-refractivity contribution is -0.144. The van der Waals surface area contributed by atoms with Crippen LogP contribution in [0.2, 0.25) is 0 Å². The summed E-state index contributed by atoms with van der Waals surface area (Å²) in [6, 6.07) is 9.25. The first-order valence-electron chi connectivity index (χ1n) is 6.98. The van der Waals surface area contributed by atoms with E-state index in [0.29, 0.717) is 0 Å². The highest BCUT2D eigenvalue weighted by Crippen LogP contribution is 2.26. The molecule has 6 heteroatoms. The van der Waals surface area contributed by atoms with Gasteiger partial charge in [-0.25, -0.2) is 9.18 Å². The molecule has 0 spiro atoms. The predicted octanol–water partition coefficient (Wildman–Crippen LogP) is 3.21. The van der Waals surface area contributed by atoms with Crippen molar-refractivity contribution in [1.82, 2.24) is 5.32 Å². The third kappa shape index (κ3) is 5.03. The summed E-state index contributed by atoms with van der Waals surface area (Å²) in [6.45, 7) is 1.31. The number of benzene rings is 1. The van der Waals surface area contributed by atoms with Gasteiger partial charge in [-0.3, -0.25) is 4.79 Å². The molecule has 2 rings (SSSR count). The second kappa shape index (κ2) is 8.24. The van der Waals surface area contributed by atoms with Crippen LogP contribution in [0.4, 0.5) is 4.39 Å². The number of amides is 1. The molecule has 4 nitrogen and oxygen atoms in total. The van der Waals surface area contributed by atoms with Crippen molar-refractivity contribution in [3.05, 3.63) is 70.2 Å². The molecule has 2 aromatic rings. The molecule has 120 valence electrons. The van der Waals surface area contributed by atoms with Gasteiger partial charge >= 0.3 is 5.97 Å². The minimum Gasteiger partial charge on any atom is -0.452 e. The third-order valence-corrected chi connectivity index (χ3v) is 3.92. The minimum atomic E-state index is -0.572. The van der Waals surface area contributed by atoms with E-state index >= 15 is 0 Å². The summed E-state index contributed by atoms with van der Waals surface area (Å²) in [5.74, 6) is -1.34. The van der Waals surface area contributed by atoms with Gasteiger partial charge in [0.2, 0.25) is 0 Å². The van der Waals surface area contributed by atoms with Crippen LogP contribution in [0.5, 0.6) is 0 Å². The molecule has 1 atom stereocenters. The van der Waals surface area contributed by atoms with Gasteiger partial charge in [-0.1, -0.05) is 24.3 Å². The predicted molar refractivity (Wildman–Crippen MR) is 86.5 cm³/mol. The fourth-order valence-electron chi connectivity index (χ4n) is 1.95. The Morgan fingerprint density at radius 3 is 2.65 bits per heavy atom. The molecule has 23 heavy (non-hydrogen) atoms. The van der Waals surface area contributed by atoms with Gasteiger partial charge in [0, 0.05) is 11.0 Å². The van der Waals surface area contributed by atoms with E-state index in [1.165, 1.54) is 35.6 Å². The maximum absolute atomic E-state index is 13.1. The molecule has 1 heterocycles. The highest BCUT2D eigenvalue weighted by Gasteiger charge is 2.18. The normalized spacial score (nSPS) is 12.1. The van der Waals surface area contributed by atoms with Crippen molar-refractivity contribution < 1.29 is 18.7 Å². The van der Waals surface area contributed by atoms with Crippen LogP contribution < -0.4 is 5.32 Å². The molecule has 0 bridgehead atoms. The number of thiophene rings is 1. The van der Waals surface area contributed by atoms with Crippen molar-refractivity contribution in [2.75, 3.05) is 6.61 Å². The Balaban J connectivity index is 2.08. The fraction of sp³-hybridized carbons (Fsp3) is 0.176. The zero-order valence-electron chi connectivity index (χ0n) is 12.5. The number of ether oxygens (including phenoxy) is 1. The van der Waals surface area contributed by atoms with Crippen LogP contribution in [-0.2, 0) is 14.3 Å². The van der Waals surface area contributed by atoms with Crippen molar-refractivity contribution in [1.29, 1.82) is 0 Å². The number of halogens is 1. The maximum Gasteiger partial charge on any atom is 0.330 e. The summed E-state index contributed by atoms with van der Waals surface area (Å²) in [4.78, 5) is 24.2. The summed E-state index contributed by atoms with van der Waals surface area (Å²) >= 11 is 1.48. The maximum atomic E-state index is 13.1. The summed E-state index contributed by atoms with van der Waals surface area (Å²) < 4.78 is 17.9. The first kappa shape index (κ1) is 16.9. The van der Waals surface area contributed by atoms with E-state index in [2.05, 4.69) is 5.32 Å². The molecule has 0 saturated carbocycles. The number of carbonyl (C=O) groups excluding carboxylic acids is 2. The van der Waals surface area contributed by atoms with E-state index in [1.54, 1.807) is 19.1 Å². The lowest BCUT2D eigenvalue weighted by Gasteiger charge is -2.18. The van der Waals surface area contributed by atoms with E-state index in [-0.39, 0.29) is 12.4 Å². The van der Waals surface area contributed by atoms with Crippen LogP contribution >= 0.6 is 11.3 Å². The molecule has 0 fully saturated rings. The average molecular weight is 333 g/mol. The Labute approximate surface area is 137 Å². The highest BCUT2D eigenvalue weighted by atomic mass is 32.1. The molecular weight excluding hydrogens is 317 g/mol. The minimum absolute atomic E-state index is 0.342. The van der Waals surface area contributed by atoms with E-state index in [0.717, 1.165) is 10.4 Å². The largest absolute Gasteiger partial charge is 0.452 e. The van der Waals surface area contributed by atoms with E-state index < -0.39 is 17.9 Å². The monoisotopic (exact) mass is 333 g/mol. The molecule has 0 aliphatic rings. The van der Waals surface area contributed by atoms with E-state index in [9.17, 15) is 14.0 Å². The lowest BCUT2D eigenvalue weighted by Crippen LogP contribution is -2.32. The van der Waals surface area contributed by atoms with Gasteiger partial charge < -0.3 is 10.1 Å². The number of rotatable bonds is 6. The van der Waals surface area contributed by atoms with Crippen LogP contribution in [0.15, 0.2) is 53.9 Å². The molecule has 1 N–H and O–H groups in total. The molecule has 0 saturated heterocycles. The second-order valence-corrected chi connectivity index (χ2v) is 5.65. The quantitative estimate of drug-likeness (QED) is 0.652. The third-order valence-electron chi connectivity index (χ3n) is 2.98. The van der Waals surface area contributed by atoms with Crippen molar-refractivity contribution in [2.24, 2.45) is 0 Å². The Hall–Kier alpha value is -2.47. The molecular formula is C17H16FNO3S. The summed E-state index contributed by atoms with van der Waals surface area (Å²) in [7, 11) is 0. The standard InChI is InChI=1S/C17H16FNO3S/c1-2-4-16(21)22-11-15(20)19-17(14-5-3-10-23-14)12-6-8-13(18)9-7-12/h2-10,17H,11H2,1H3,(H,19,20)/b4-2+/t17-/m1/s1. The number of esters is 1. The van der Waals surface area contributed by atoms with Gasteiger partial charge in [0.1, 0.15) is 5.82 Å². The molecule has 1 aromatic heterocycles. The summed E-state index contributed by atoms with van der Waals surface area (Å²) in [5, 5.41) is 4.69.